The van der Waals surface area contributed by atoms with Crippen LogP contribution in [0.3, 0.4) is 0 Å². The van der Waals surface area contributed by atoms with E-state index in [1.807, 2.05) is 13.8 Å². The van der Waals surface area contributed by atoms with Gasteiger partial charge in [-0.15, -0.1) is 0 Å². The fraction of sp³-hybridized carbons (Fsp3) is 0.594. The van der Waals surface area contributed by atoms with Gasteiger partial charge in [-0.25, -0.2) is 8.78 Å². The molecule has 0 spiro atoms. The molecule has 1 aromatic rings. The van der Waals surface area contributed by atoms with Crippen LogP contribution in [0.25, 0.3) is 0 Å². The van der Waals surface area contributed by atoms with Crippen molar-refractivity contribution in [3.8, 4) is 0 Å². The topological polar surface area (TPSA) is 53.2 Å². The van der Waals surface area contributed by atoms with Crippen LogP contribution in [0.15, 0.2) is 61.0 Å². The third-order valence-electron chi connectivity index (χ3n) is 6.56. The lowest BCUT2D eigenvalue weighted by atomic mass is 9.73. The molecular weight excluding hydrogens is 512 g/mol. The summed E-state index contributed by atoms with van der Waals surface area (Å²) in [5.74, 6) is -0.527. The highest BCUT2D eigenvalue weighted by molar-refractivity contribution is 7.96. The van der Waals surface area contributed by atoms with Crippen LogP contribution in [-0.4, -0.2) is 37.5 Å². The normalized spacial score (nSPS) is 20.3. The Balaban J connectivity index is 0.00000111. The zero-order valence-electron chi connectivity index (χ0n) is 25.5. The number of carbonyl (C=O) groups excluding carboxylic acids is 1. The molecule has 39 heavy (non-hydrogen) atoms. The first-order valence-electron chi connectivity index (χ1n) is 14.1. The number of amides is 1. The lowest BCUT2D eigenvalue weighted by molar-refractivity contribution is -0.119. The van der Waals surface area contributed by atoms with E-state index in [2.05, 4.69) is 80.2 Å². The average Bonchev–Trinajstić information content (AvgIpc) is 2.89. The summed E-state index contributed by atoms with van der Waals surface area (Å²) in [6, 6.07) is 9.95. The molecule has 1 aliphatic carbocycles. The van der Waals surface area contributed by atoms with E-state index in [0.717, 1.165) is 38.0 Å². The van der Waals surface area contributed by atoms with Crippen molar-refractivity contribution in [1.82, 2.24) is 15.4 Å². The highest BCUT2D eigenvalue weighted by Gasteiger charge is 2.37. The molecule has 0 aromatic heterocycles. The Morgan fingerprint density at radius 3 is 2.41 bits per heavy atom. The molecule has 0 aliphatic heterocycles. The van der Waals surface area contributed by atoms with Gasteiger partial charge in [-0.05, 0) is 80.5 Å². The van der Waals surface area contributed by atoms with E-state index < -0.39 is 12.5 Å². The van der Waals surface area contributed by atoms with E-state index >= 15 is 0 Å². The summed E-state index contributed by atoms with van der Waals surface area (Å²) in [6.07, 6.45) is 12.5. The van der Waals surface area contributed by atoms with E-state index in [0.29, 0.717) is 6.04 Å². The fourth-order valence-electron chi connectivity index (χ4n) is 4.49. The van der Waals surface area contributed by atoms with Gasteiger partial charge in [-0.2, -0.15) is 0 Å². The third-order valence-corrected chi connectivity index (χ3v) is 7.13. The first-order valence-corrected chi connectivity index (χ1v) is 15.3. The Kier molecular flexibility index (Phi) is 19.0. The predicted molar refractivity (Wildman–Crippen MR) is 167 cm³/mol. The second-order valence-corrected chi connectivity index (χ2v) is 11.3. The molecule has 2 rings (SSSR count). The molecule has 0 heterocycles. The van der Waals surface area contributed by atoms with Crippen molar-refractivity contribution >= 4 is 17.9 Å². The van der Waals surface area contributed by atoms with E-state index in [-0.39, 0.29) is 22.9 Å². The number of carbonyl (C=O) groups is 1. The number of benzene rings is 1. The van der Waals surface area contributed by atoms with Crippen LogP contribution < -0.4 is 15.4 Å². The van der Waals surface area contributed by atoms with Crippen LogP contribution in [-0.2, 0) is 15.7 Å². The Hall–Kier alpha value is -1.96. The van der Waals surface area contributed by atoms with Crippen molar-refractivity contribution in [2.24, 2.45) is 0 Å². The molecule has 3 N–H and O–H groups in total. The SMILES string of the molecule is C=C/C=C\C(F)=C/CF.CC.CSNC1CCC(NCC[C@H](C)NC(C)=O)(c2cccc(C(C)(C)C)c2)CC1. The van der Waals surface area contributed by atoms with Crippen molar-refractivity contribution in [2.45, 2.75) is 104 Å². The van der Waals surface area contributed by atoms with Crippen molar-refractivity contribution in [3.63, 3.8) is 0 Å². The van der Waals surface area contributed by atoms with E-state index in [9.17, 15) is 13.6 Å². The van der Waals surface area contributed by atoms with Gasteiger partial charge in [0.15, 0.2) is 0 Å². The van der Waals surface area contributed by atoms with Gasteiger partial charge in [0, 0.05) is 24.5 Å². The zero-order valence-corrected chi connectivity index (χ0v) is 26.3. The molecular formula is C32H53F2N3OS. The van der Waals surface area contributed by atoms with Gasteiger partial charge in [-0.1, -0.05) is 89.6 Å². The summed E-state index contributed by atoms with van der Waals surface area (Å²) in [5.41, 5.74) is 2.97. The summed E-state index contributed by atoms with van der Waals surface area (Å²) >= 11 is 1.73. The molecule has 1 atom stereocenters. The lowest BCUT2D eigenvalue weighted by Crippen LogP contribution is -2.49. The fourth-order valence-corrected chi connectivity index (χ4v) is 5.06. The summed E-state index contributed by atoms with van der Waals surface area (Å²) in [6.45, 7) is 18.0. The minimum Gasteiger partial charge on any atom is -0.354 e. The zero-order chi connectivity index (χ0) is 29.9. The summed E-state index contributed by atoms with van der Waals surface area (Å²) in [4.78, 5) is 11.3. The van der Waals surface area contributed by atoms with Crippen LogP contribution in [0.4, 0.5) is 8.78 Å². The van der Waals surface area contributed by atoms with Gasteiger partial charge < -0.3 is 10.6 Å². The number of hydrogen-bond acceptors (Lipinski definition) is 4. The Morgan fingerprint density at radius 1 is 1.26 bits per heavy atom. The molecule has 0 bridgehead atoms. The molecule has 1 saturated carbocycles. The number of allylic oxidation sites excluding steroid dienone is 5. The number of halogens is 2. The molecule has 0 saturated heterocycles. The number of nitrogens with one attached hydrogen (secondary N) is 3. The summed E-state index contributed by atoms with van der Waals surface area (Å²) < 4.78 is 26.9. The quantitative estimate of drug-likeness (QED) is 0.188. The van der Waals surface area contributed by atoms with Crippen LogP contribution in [0.2, 0.25) is 0 Å². The van der Waals surface area contributed by atoms with Gasteiger partial charge in [0.2, 0.25) is 5.91 Å². The summed E-state index contributed by atoms with van der Waals surface area (Å²) in [5, 5.41) is 6.90. The van der Waals surface area contributed by atoms with E-state index in [4.69, 9.17) is 0 Å². The highest BCUT2D eigenvalue weighted by atomic mass is 32.2. The number of rotatable bonds is 11. The van der Waals surface area contributed by atoms with Crippen molar-refractivity contribution < 1.29 is 13.6 Å². The first kappa shape index (κ1) is 37.0. The van der Waals surface area contributed by atoms with Crippen molar-refractivity contribution in [3.05, 3.63) is 72.1 Å². The Bertz CT molecular complexity index is 888. The molecule has 1 fully saturated rings. The first-order chi connectivity index (χ1) is 18.5. The monoisotopic (exact) mass is 565 g/mol. The standard InChI is InChI=1S/C23H39N3OS.C7H8F2.C2H6/c1-17(25-18(2)27)12-15-24-23(13-10-21(11-14-23)26-28-6)20-9-7-8-19(16-20)22(3,4)5;1-2-3-4-7(9)5-6-8;1-2/h7-9,16-17,21,24,26H,10-15H2,1-6H3,(H,25,27);2-5H,1,6H2;1-2H3/b;4-3-,7-5+;/t17-,21?,23?;;/m0../s1. The molecule has 1 aliphatic rings. The van der Waals surface area contributed by atoms with E-state index in [1.165, 1.54) is 36.1 Å². The van der Waals surface area contributed by atoms with Gasteiger partial charge in [0.05, 0.1) is 0 Å². The molecule has 0 unspecified atom stereocenters. The van der Waals surface area contributed by atoms with Crippen LogP contribution >= 0.6 is 11.9 Å². The summed E-state index contributed by atoms with van der Waals surface area (Å²) in [7, 11) is 0. The smallest absolute Gasteiger partial charge is 0.217 e. The predicted octanol–water partition coefficient (Wildman–Crippen LogP) is 8.07. The largest absolute Gasteiger partial charge is 0.354 e. The highest BCUT2D eigenvalue weighted by Crippen LogP contribution is 2.39. The maximum absolute atomic E-state index is 12.1. The molecule has 4 nitrogen and oxygen atoms in total. The number of alkyl halides is 1. The van der Waals surface area contributed by atoms with Gasteiger partial charge >= 0.3 is 0 Å². The maximum Gasteiger partial charge on any atom is 0.217 e. The van der Waals surface area contributed by atoms with Crippen LogP contribution in [0.1, 0.15) is 91.7 Å². The van der Waals surface area contributed by atoms with Crippen LogP contribution in [0, 0.1) is 0 Å². The molecule has 1 amide bonds. The molecule has 1 aromatic carbocycles. The lowest BCUT2D eigenvalue weighted by Gasteiger charge is -2.42. The molecule has 7 heteroatoms. The minimum absolute atomic E-state index is 0.0216. The van der Waals surface area contributed by atoms with Gasteiger partial charge in [-0.3, -0.25) is 9.52 Å². The minimum atomic E-state index is -0.771. The number of hydrogen-bond donors (Lipinski definition) is 3. The van der Waals surface area contributed by atoms with Gasteiger partial charge in [0.25, 0.3) is 0 Å². The average molecular weight is 566 g/mol. The van der Waals surface area contributed by atoms with Crippen LogP contribution in [0.5, 0.6) is 0 Å². The second kappa shape index (κ2) is 20.0. The molecule has 0 radical (unpaired) electrons. The van der Waals surface area contributed by atoms with Crippen molar-refractivity contribution in [2.75, 3.05) is 19.5 Å². The van der Waals surface area contributed by atoms with Gasteiger partial charge in [0.1, 0.15) is 12.5 Å². The second-order valence-electron chi connectivity index (χ2n) is 10.7. The Morgan fingerprint density at radius 2 is 1.90 bits per heavy atom. The molecule has 222 valence electrons. The third kappa shape index (κ3) is 14.8. The Labute approximate surface area is 241 Å². The maximum atomic E-state index is 12.1. The van der Waals surface area contributed by atoms with E-state index in [1.54, 1.807) is 18.9 Å². The van der Waals surface area contributed by atoms with Crippen molar-refractivity contribution in [1.29, 1.82) is 0 Å².